The Morgan fingerprint density at radius 3 is 2.30 bits per heavy atom. The smallest absolute Gasteiger partial charge is 0.768 e. The molecule has 20 heavy (non-hydrogen) atoms. The maximum absolute atomic E-state index is 11.1. The molecule has 0 heterocycles. The third kappa shape index (κ3) is 3.03. The van der Waals surface area contributed by atoms with E-state index in [4.69, 9.17) is 0 Å². The van der Waals surface area contributed by atoms with E-state index in [9.17, 15) is 8.76 Å². The zero-order chi connectivity index (χ0) is 13.2. The zero-order valence-corrected chi connectivity index (χ0v) is 13.9. The first-order chi connectivity index (χ1) is 9.25. The van der Waals surface area contributed by atoms with Gasteiger partial charge in [-0.05, 0) is 45.1 Å². The maximum atomic E-state index is 11.1. The molecule has 3 aromatic carbocycles. The summed E-state index contributed by atoms with van der Waals surface area (Å²) in [5, 5.41) is 1.99. The molecule has 3 rings (SSSR count). The van der Waals surface area contributed by atoms with Gasteiger partial charge in [0.05, 0.1) is 0 Å². The normalized spacial score (nSPS) is 11.8. The molecule has 0 aliphatic rings. The van der Waals surface area contributed by atoms with Crippen molar-refractivity contribution in [2.75, 3.05) is 0 Å². The minimum absolute atomic E-state index is 0. The first-order valence-electron chi connectivity index (χ1n) is 5.93. The summed E-state index contributed by atoms with van der Waals surface area (Å²) in [5.74, 6) is 0. The number of hydrogen-bond acceptors (Lipinski definition) is 2. The summed E-state index contributed by atoms with van der Waals surface area (Å²) in [6.45, 7) is 0. The topological polar surface area (TPSA) is 40.1 Å². The van der Waals surface area contributed by atoms with Gasteiger partial charge in [0.25, 0.3) is 0 Å². The Kier molecular flexibility index (Phi) is 5.13. The fourth-order valence-corrected chi connectivity index (χ4v) is 2.62. The van der Waals surface area contributed by atoms with E-state index in [1.54, 1.807) is 12.1 Å². The molecule has 0 spiro atoms. The van der Waals surface area contributed by atoms with Gasteiger partial charge in [0, 0.05) is 4.90 Å². The van der Waals surface area contributed by atoms with E-state index in [0.717, 1.165) is 21.9 Å². The van der Waals surface area contributed by atoms with E-state index in [2.05, 4.69) is 0 Å². The summed E-state index contributed by atoms with van der Waals surface area (Å²) in [6.07, 6.45) is 0. The van der Waals surface area contributed by atoms with Gasteiger partial charge in [0.2, 0.25) is 0 Å². The fraction of sp³-hybridized carbons (Fsp3) is 0. The Hall–Kier alpha value is -0.970. The van der Waals surface area contributed by atoms with Crippen LogP contribution in [-0.4, -0.2) is 8.76 Å². The van der Waals surface area contributed by atoms with E-state index in [-0.39, 0.29) is 29.6 Å². The predicted molar refractivity (Wildman–Crippen MR) is 76.6 cm³/mol. The van der Waals surface area contributed by atoms with Crippen LogP contribution in [0.1, 0.15) is 0 Å². The molecule has 0 amide bonds. The third-order valence-corrected chi connectivity index (χ3v) is 3.77. The summed E-state index contributed by atoms with van der Waals surface area (Å²) < 4.78 is 22.2. The van der Waals surface area contributed by atoms with Crippen molar-refractivity contribution in [2.45, 2.75) is 4.90 Å². The summed E-state index contributed by atoms with van der Waals surface area (Å²) >= 11 is -2.20. The monoisotopic (exact) mass is 290 g/mol. The number of benzene rings is 3. The van der Waals surface area contributed by atoms with Crippen molar-refractivity contribution < 1.29 is 38.3 Å². The number of hydrogen-bond donors (Lipinski definition) is 0. The van der Waals surface area contributed by atoms with Crippen molar-refractivity contribution >= 4 is 21.9 Å². The molecule has 0 bridgehead atoms. The Bertz CT molecular complexity index is 757. The molecule has 0 fully saturated rings. The zero-order valence-electron chi connectivity index (χ0n) is 11.1. The molecule has 0 aliphatic carbocycles. The SMILES string of the molecule is O=S([O-])c1ccc2cccc(-c3ccccc3)c2c1.[Na+]. The Labute approximate surface area is 142 Å². The van der Waals surface area contributed by atoms with Gasteiger partial charge in [-0.25, -0.2) is 0 Å². The molecule has 94 valence electrons. The van der Waals surface area contributed by atoms with Gasteiger partial charge in [-0.1, -0.05) is 54.6 Å². The molecule has 3 aromatic rings. The molecule has 0 N–H and O–H groups in total. The van der Waals surface area contributed by atoms with Crippen LogP contribution in [0.4, 0.5) is 0 Å². The van der Waals surface area contributed by atoms with Crippen LogP contribution in [0.3, 0.4) is 0 Å². The first kappa shape index (κ1) is 15.4. The van der Waals surface area contributed by atoms with Gasteiger partial charge in [0.15, 0.2) is 0 Å². The summed E-state index contributed by atoms with van der Waals surface area (Å²) in [7, 11) is 0. The average Bonchev–Trinajstić information content (AvgIpc) is 2.47. The van der Waals surface area contributed by atoms with Crippen molar-refractivity contribution in [1.82, 2.24) is 0 Å². The summed E-state index contributed by atoms with van der Waals surface area (Å²) in [6, 6.07) is 21.1. The quantitative estimate of drug-likeness (QED) is 0.516. The standard InChI is InChI=1S/C16H12O2S.Na/c17-19(18)14-10-9-13-7-4-8-15(16(13)11-14)12-5-2-1-3-6-12;/h1-11H,(H,17,18);/q;+1/p-1. The van der Waals surface area contributed by atoms with Crippen LogP contribution in [0.2, 0.25) is 0 Å². The number of fused-ring (bicyclic) bond motifs is 1. The third-order valence-electron chi connectivity index (χ3n) is 3.13. The van der Waals surface area contributed by atoms with Crippen LogP contribution in [0.25, 0.3) is 21.9 Å². The van der Waals surface area contributed by atoms with E-state index >= 15 is 0 Å². The molecule has 1 atom stereocenters. The molecule has 1 unspecified atom stereocenters. The van der Waals surface area contributed by atoms with Crippen LogP contribution in [0.5, 0.6) is 0 Å². The molecule has 4 heteroatoms. The molecule has 2 nitrogen and oxygen atoms in total. The molecule has 0 saturated carbocycles. The summed E-state index contributed by atoms with van der Waals surface area (Å²) in [4.78, 5) is 0.316. The van der Waals surface area contributed by atoms with Gasteiger partial charge in [-0.15, -0.1) is 0 Å². The fourth-order valence-electron chi connectivity index (χ4n) is 2.22. The molecular weight excluding hydrogens is 279 g/mol. The van der Waals surface area contributed by atoms with Crippen LogP contribution in [-0.2, 0) is 11.1 Å². The van der Waals surface area contributed by atoms with Gasteiger partial charge in [-0.2, -0.15) is 0 Å². The first-order valence-corrected chi connectivity index (χ1v) is 7.01. The van der Waals surface area contributed by atoms with Gasteiger partial charge in [0.1, 0.15) is 0 Å². The van der Waals surface area contributed by atoms with Gasteiger partial charge < -0.3 is 4.55 Å². The van der Waals surface area contributed by atoms with E-state index < -0.39 is 11.1 Å². The number of rotatable bonds is 2. The average molecular weight is 290 g/mol. The van der Waals surface area contributed by atoms with E-state index in [0.29, 0.717) is 4.90 Å². The van der Waals surface area contributed by atoms with Crippen molar-refractivity contribution in [3.05, 3.63) is 66.7 Å². The Balaban J connectivity index is 0.00000147. The van der Waals surface area contributed by atoms with Crippen LogP contribution in [0.15, 0.2) is 71.6 Å². The van der Waals surface area contributed by atoms with Crippen molar-refractivity contribution in [2.24, 2.45) is 0 Å². The maximum Gasteiger partial charge on any atom is 1.00 e. The van der Waals surface area contributed by atoms with Gasteiger partial charge >= 0.3 is 29.6 Å². The molecular formula is C16H11NaO2S. The Morgan fingerprint density at radius 1 is 0.850 bits per heavy atom. The van der Waals surface area contributed by atoms with E-state index in [1.807, 2.05) is 54.6 Å². The van der Waals surface area contributed by atoms with Crippen molar-refractivity contribution in [1.29, 1.82) is 0 Å². The molecule has 0 aromatic heterocycles. The molecule has 0 radical (unpaired) electrons. The van der Waals surface area contributed by atoms with Crippen LogP contribution in [0, 0.1) is 0 Å². The largest absolute Gasteiger partial charge is 1.00 e. The molecule has 0 saturated heterocycles. The summed E-state index contributed by atoms with van der Waals surface area (Å²) in [5.41, 5.74) is 2.13. The second-order valence-electron chi connectivity index (χ2n) is 4.29. The molecule has 0 aliphatic heterocycles. The van der Waals surface area contributed by atoms with Crippen molar-refractivity contribution in [3.63, 3.8) is 0 Å². The second-order valence-corrected chi connectivity index (χ2v) is 5.23. The van der Waals surface area contributed by atoms with Crippen molar-refractivity contribution in [3.8, 4) is 11.1 Å². The minimum Gasteiger partial charge on any atom is -0.768 e. The Morgan fingerprint density at radius 2 is 1.60 bits per heavy atom. The minimum atomic E-state index is -2.20. The van der Waals surface area contributed by atoms with Gasteiger partial charge in [-0.3, -0.25) is 4.21 Å². The van der Waals surface area contributed by atoms with E-state index in [1.165, 1.54) is 0 Å². The predicted octanol–water partition coefficient (Wildman–Crippen LogP) is 0.749. The van der Waals surface area contributed by atoms with Crippen LogP contribution >= 0.6 is 0 Å². The van der Waals surface area contributed by atoms with Crippen LogP contribution < -0.4 is 29.6 Å². The second kappa shape index (κ2) is 6.66.